The third-order valence-corrected chi connectivity index (χ3v) is 3.66. The zero-order chi connectivity index (χ0) is 17.0. The molecule has 1 aliphatic carbocycles. The molecule has 0 aliphatic heterocycles. The van der Waals surface area contributed by atoms with Crippen LogP contribution in [-0.2, 0) is 14.3 Å². The number of esters is 1. The molecular formula is C16H30O6. The maximum absolute atomic E-state index is 11.9. The molecule has 1 saturated carbocycles. The number of carboxylic acid groups (broad SMARTS) is 1. The first kappa shape index (κ1) is 20.9. The largest absolute Gasteiger partial charge is 0.481 e. The predicted molar refractivity (Wildman–Crippen MR) is 82.3 cm³/mol. The smallest absolute Gasteiger partial charge is 0.309 e. The summed E-state index contributed by atoms with van der Waals surface area (Å²) in [5.41, 5.74) is 0. The van der Waals surface area contributed by atoms with Crippen molar-refractivity contribution in [1.29, 1.82) is 0 Å². The number of aliphatic hydroxyl groups excluding tert-OH is 2. The Labute approximate surface area is 132 Å². The molecule has 0 aromatic rings. The van der Waals surface area contributed by atoms with Gasteiger partial charge in [-0.1, -0.05) is 26.7 Å². The van der Waals surface area contributed by atoms with E-state index in [4.69, 9.17) is 20.1 Å². The molecule has 2 atom stereocenters. The summed E-state index contributed by atoms with van der Waals surface area (Å²) in [7, 11) is 0. The van der Waals surface area contributed by atoms with E-state index in [0.29, 0.717) is 25.4 Å². The van der Waals surface area contributed by atoms with Gasteiger partial charge in [0.2, 0.25) is 0 Å². The predicted octanol–water partition coefficient (Wildman–Crippen LogP) is 1.83. The van der Waals surface area contributed by atoms with E-state index in [2.05, 4.69) is 13.8 Å². The minimum atomic E-state index is -0.862. The molecule has 6 nitrogen and oxygen atoms in total. The van der Waals surface area contributed by atoms with Crippen LogP contribution in [-0.4, -0.2) is 47.1 Å². The van der Waals surface area contributed by atoms with Crippen molar-refractivity contribution < 1.29 is 29.6 Å². The summed E-state index contributed by atoms with van der Waals surface area (Å²) >= 11 is 0. The number of hydrogen-bond acceptors (Lipinski definition) is 5. The minimum absolute atomic E-state index is 0.125. The van der Waals surface area contributed by atoms with Gasteiger partial charge in [-0.3, -0.25) is 9.59 Å². The maximum Gasteiger partial charge on any atom is 0.309 e. The van der Waals surface area contributed by atoms with Crippen molar-refractivity contribution in [2.75, 3.05) is 19.8 Å². The summed E-state index contributed by atoms with van der Waals surface area (Å²) < 4.78 is 5.21. The molecule has 0 aromatic carbocycles. The number of aliphatic carboxylic acids is 1. The fourth-order valence-corrected chi connectivity index (χ4v) is 2.48. The molecule has 22 heavy (non-hydrogen) atoms. The molecule has 0 aromatic heterocycles. The van der Waals surface area contributed by atoms with Gasteiger partial charge in [-0.05, 0) is 31.6 Å². The van der Waals surface area contributed by atoms with Crippen LogP contribution in [0.4, 0.5) is 0 Å². The normalized spacial score (nSPS) is 21.0. The molecule has 1 aliphatic rings. The van der Waals surface area contributed by atoms with E-state index in [0.717, 1.165) is 25.7 Å². The number of aliphatic hydroxyl groups is 2. The zero-order valence-electron chi connectivity index (χ0n) is 13.7. The third-order valence-electron chi connectivity index (χ3n) is 3.66. The van der Waals surface area contributed by atoms with Crippen LogP contribution < -0.4 is 0 Å². The molecule has 0 bridgehead atoms. The Hall–Kier alpha value is -1.14. The molecule has 130 valence electrons. The summed E-state index contributed by atoms with van der Waals surface area (Å²) in [5.74, 6) is -1.55. The van der Waals surface area contributed by atoms with Crippen LogP contribution in [0.5, 0.6) is 0 Å². The van der Waals surface area contributed by atoms with Gasteiger partial charge in [-0.15, -0.1) is 0 Å². The number of carbonyl (C=O) groups excluding carboxylic acids is 1. The molecular weight excluding hydrogens is 288 g/mol. The lowest BCUT2D eigenvalue weighted by atomic mass is 9.79. The standard InChI is InChI=1S/C14H24O4.C2H6O2/c1-10(2)6-5-9-18-14(17)12-8-4-3-7-11(12)13(15)16;3-1-2-4/h10-12H,3-9H2,1-2H3,(H,15,16);3-4H,1-2H2. The number of rotatable bonds is 7. The van der Waals surface area contributed by atoms with E-state index in [9.17, 15) is 9.59 Å². The average Bonchev–Trinajstić information content (AvgIpc) is 2.51. The second kappa shape index (κ2) is 12.4. The third kappa shape index (κ3) is 9.00. The van der Waals surface area contributed by atoms with Gasteiger partial charge in [0.15, 0.2) is 0 Å². The Bertz CT molecular complexity index is 314. The zero-order valence-corrected chi connectivity index (χ0v) is 13.7. The van der Waals surface area contributed by atoms with Gasteiger partial charge in [0.05, 0.1) is 31.7 Å². The minimum Gasteiger partial charge on any atom is -0.481 e. The van der Waals surface area contributed by atoms with Crippen LogP contribution in [0.1, 0.15) is 52.4 Å². The highest BCUT2D eigenvalue weighted by Crippen LogP contribution is 2.31. The van der Waals surface area contributed by atoms with Gasteiger partial charge in [0.1, 0.15) is 0 Å². The van der Waals surface area contributed by atoms with Gasteiger partial charge < -0.3 is 20.1 Å². The van der Waals surface area contributed by atoms with Crippen molar-refractivity contribution in [1.82, 2.24) is 0 Å². The fraction of sp³-hybridized carbons (Fsp3) is 0.875. The molecule has 0 heterocycles. The molecule has 6 heteroatoms. The Morgan fingerprint density at radius 3 is 2.09 bits per heavy atom. The summed E-state index contributed by atoms with van der Waals surface area (Å²) in [6, 6.07) is 0. The maximum atomic E-state index is 11.9. The van der Waals surface area contributed by atoms with Crippen molar-refractivity contribution in [3.05, 3.63) is 0 Å². The molecule has 2 unspecified atom stereocenters. The van der Waals surface area contributed by atoms with Crippen molar-refractivity contribution >= 4 is 11.9 Å². The lowest BCUT2D eigenvalue weighted by molar-refractivity contribution is -0.159. The highest BCUT2D eigenvalue weighted by Gasteiger charge is 2.36. The van der Waals surface area contributed by atoms with E-state index in [1.807, 2.05) is 0 Å². The number of ether oxygens (including phenoxy) is 1. The van der Waals surface area contributed by atoms with Crippen molar-refractivity contribution in [3.8, 4) is 0 Å². The molecule has 0 radical (unpaired) electrons. The summed E-state index contributed by atoms with van der Waals surface area (Å²) in [6.07, 6.45) is 4.96. The Balaban J connectivity index is 0.000000980. The van der Waals surface area contributed by atoms with E-state index < -0.39 is 17.8 Å². The van der Waals surface area contributed by atoms with Gasteiger partial charge in [-0.25, -0.2) is 0 Å². The molecule has 3 N–H and O–H groups in total. The van der Waals surface area contributed by atoms with Gasteiger partial charge >= 0.3 is 11.9 Å². The topological polar surface area (TPSA) is 104 Å². The highest BCUT2D eigenvalue weighted by molar-refractivity contribution is 5.81. The van der Waals surface area contributed by atoms with Crippen LogP contribution >= 0.6 is 0 Å². The SMILES string of the molecule is CC(C)CCCOC(=O)C1CCCCC1C(=O)O.OCCO. The first-order valence-corrected chi connectivity index (χ1v) is 8.05. The van der Waals surface area contributed by atoms with Gasteiger partial charge in [0.25, 0.3) is 0 Å². The number of carboxylic acids is 1. The van der Waals surface area contributed by atoms with Gasteiger partial charge in [0, 0.05) is 0 Å². The van der Waals surface area contributed by atoms with Crippen LogP contribution in [0.25, 0.3) is 0 Å². The van der Waals surface area contributed by atoms with E-state index >= 15 is 0 Å². The van der Waals surface area contributed by atoms with Crippen LogP contribution in [0.3, 0.4) is 0 Å². The summed E-state index contributed by atoms with van der Waals surface area (Å²) in [5, 5.41) is 24.3. The lowest BCUT2D eigenvalue weighted by Gasteiger charge is -2.26. The van der Waals surface area contributed by atoms with Crippen molar-refractivity contribution in [2.24, 2.45) is 17.8 Å². The van der Waals surface area contributed by atoms with Crippen LogP contribution in [0, 0.1) is 17.8 Å². The molecule has 1 rings (SSSR count). The van der Waals surface area contributed by atoms with E-state index in [1.165, 1.54) is 0 Å². The van der Waals surface area contributed by atoms with E-state index in [-0.39, 0.29) is 19.2 Å². The first-order valence-electron chi connectivity index (χ1n) is 8.05. The van der Waals surface area contributed by atoms with Crippen LogP contribution in [0.15, 0.2) is 0 Å². The average molecular weight is 318 g/mol. The molecule has 0 amide bonds. The summed E-state index contributed by atoms with van der Waals surface area (Å²) in [4.78, 5) is 23.0. The number of hydrogen-bond donors (Lipinski definition) is 3. The highest BCUT2D eigenvalue weighted by atomic mass is 16.5. The summed E-state index contributed by atoms with van der Waals surface area (Å²) in [6.45, 7) is 4.42. The van der Waals surface area contributed by atoms with Crippen molar-refractivity contribution in [2.45, 2.75) is 52.4 Å². The quantitative estimate of drug-likeness (QED) is 0.489. The first-order chi connectivity index (χ1) is 10.4. The molecule has 0 saturated heterocycles. The van der Waals surface area contributed by atoms with E-state index in [1.54, 1.807) is 0 Å². The molecule has 0 spiro atoms. The second-order valence-corrected chi connectivity index (χ2v) is 5.99. The van der Waals surface area contributed by atoms with Crippen LogP contribution in [0.2, 0.25) is 0 Å². The monoisotopic (exact) mass is 318 g/mol. The second-order valence-electron chi connectivity index (χ2n) is 5.99. The Morgan fingerprint density at radius 2 is 1.64 bits per heavy atom. The Morgan fingerprint density at radius 1 is 1.09 bits per heavy atom. The van der Waals surface area contributed by atoms with Gasteiger partial charge in [-0.2, -0.15) is 0 Å². The number of carbonyl (C=O) groups is 2. The Kier molecular flexibility index (Phi) is 11.8. The fourth-order valence-electron chi connectivity index (χ4n) is 2.48. The van der Waals surface area contributed by atoms with Crippen molar-refractivity contribution in [3.63, 3.8) is 0 Å². The lowest BCUT2D eigenvalue weighted by Crippen LogP contribution is -2.34. The molecule has 1 fully saturated rings.